The van der Waals surface area contributed by atoms with Crippen LogP contribution in [0.5, 0.6) is 0 Å². The topological polar surface area (TPSA) is 41.0 Å². The normalized spacial score (nSPS) is 10.9. The maximum Gasteiger partial charge on any atom is 0.148 e. The fourth-order valence-corrected chi connectivity index (χ4v) is 2.03. The Labute approximate surface area is 116 Å². The molecule has 6 heteroatoms. The Morgan fingerprint density at radius 3 is 2.76 bits per heavy atom. The van der Waals surface area contributed by atoms with Gasteiger partial charge in [-0.2, -0.15) is 0 Å². The SMILES string of the molecule is CCCN(CC)CCNc1ncnc(Cl)c1Br. The number of nitrogens with zero attached hydrogens (tertiary/aromatic N) is 3. The third-order valence-corrected chi connectivity index (χ3v) is 3.72. The first kappa shape index (κ1) is 14.7. The summed E-state index contributed by atoms with van der Waals surface area (Å²) in [6.07, 6.45) is 2.63. The first-order valence-electron chi connectivity index (χ1n) is 5.81. The number of nitrogens with one attached hydrogen (secondary N) is 1. The van der Waals surface area contributed by atoms with Gasteiger partial charge in [0.2, 0.25) is 0 Å². The molecule has 0 saturated heterocycles. The molecule has 0 fully saturated rings. The molecule has 0 spiro atoms. The van der Waals surface area contributed by atoms with Crippen molar-refractivity contribution < 1.29 is 0 Å². The molecular formula is C11H18BrClN4. The van der Waals surface area contributed by atoms with Crippen LogP contribution in [0, 0.1) is 0 Å². The van der Waals surface area contributed by atoms with Crippen LogP contribution in [0.2, 0.25) is 5.15 Å². The van der Waals surface area contributed by atoms with Crippen molar-refractivity contribution in [3.63, 3.8) is 0 Å². The highest BCUT2D eigenvalue weighted by Gasteiger charge is 2.06. The highest BCUT2D eigenvalue weighted by Crippen LogP contribution is 2.25. The molecule has 0 unspecified atom stereocenters. The first-order chi connectivity index (χ1) is 8.19. The summed E-state index contributed by atoms with van der Waals surface area (Å²) in [5.74, 6) is 0.748. The molecule has 0 aliphatic carbocycles. The Balaban J connectivity index is 2.42. The van der Waals surface area contributed by atoms with Crippen LogP contribution in [-0.2, 0) is 0 Å². The van der Waals surface area contributed by atoms with Crippen LogP contribution in [0.25, 0.3) is 0 Å². The van der Waals surface area contributed by atoms with Gasteiger partial charge in [0, 0.05) is 13.1 Å². The molecule has 96 valence electrons. The Morgan fingerprint density at radius 1 is 1.35 bits per heavy atom. The molecule has 0 radical (unpaired) electrons. The lowest BCUT2D eigenvalue weighted by molar-refractivity contribution is 0.300. The van der Waals surface area contributed by atoms with E-state index in [9.17, 15) is 0 Å². The third kappa shape index (κ3) is 4.77. The Bertz CT molecular complexity index is 348. The summed E-state index contributed by atoms with van der Waals surface area (Å²) in [5.41, 5.74) is 0. The molecule has 4 nitrogen and oxygen atoms in total. The maximum atomic E-state index is 5.88. The van der Waals surface area contributed by atoms with Crippen molar-refractivity contribution in [2.75, 3.05) is 31.5 Å². The van der Waals surface area contributed by atoms with Gasteiger partial charge in [-0.3, -0.25) is 0 Å². The zero-order valence-corrected chi connectivity index (χ0v) is 12.6. The van der Waals surface area contributed by atoms with Crippen molar-refractivity contribution in [1.82, 2.24) is 14.9 Å². The van der Waals surface area contributed by atoms with Gasteiger partial charge >= 0.3 is 0 Å². The fourth-order valence-electron chi connectivity index (χ4n) is 1.55. The molecule has 1 aromatic heterocycles. The van der Waals surface area contributed by atoms with Crippen molar-refractivity contribution in [2.45, 2.75) is 20.3 Å². The average molecular weight is 322 g/mol. The van der Waals surface area contributed by atoms with Crippen molar-refractivity contribution in [2.24, 2.45) is 0 Å². The molecular weight excluding hydrogens is 304 g/mol. The Morgan fingerprint density at radius 2 is 2.12 bits per heavy atom. The second-order valence-corrected chi connectivity index (χ2v) is 4.84. The van der Waals surface area contributed by atoms with E-state index in [1.807, 2.05) is 0 Å². The van der Waals surface area contributed by atoms with Gasteiger partial charge in [-0.25, -0.2) is 9.97 Å². The Hall–Kier alpha value is -0.390. The van der Waals surface area contributed by atoms with Crippen LogP contribution in [0.15, 0.2) is 10.8 Å². The summed E-state index contributed by atoms with van der Waals surface area (Å²) in [6.45, 7) is 8.41. The van der Waals surface area contributed by atoms with Crippen LogP contribution >= 0.6 is 27.5 Å². The second-order valence-electron chi connectivity index (χ2n) is 3.69. The number of rotatable bonds is 7. The third-order valence-electron chi connectivity index (χ3n) is 2.45. The second kappa shape index (κ2) is 7.84. The lowest BCUT2D eigenvalue weighted by Crippen LogP contribution is -2.29. The van der Waals surface area contributed by atoms with E-state index in [2.05, 4.69) is 50.0 Å². The van der Waals surface area contributed by atoms with Gasteiger partial charge in [-0.05, 0) is 35.4 Å². The minimum atomic E-state index is 0.434. The van der Waals surface area contributed by atoms with E-state index in [1.165, 1.54) is 12.7 Å². The van der Waals surface area contributed by atoms with Crippen molar-refractivity contribution in [1.29, 1.82) is 0 Å². The molecule has 0 bridgehead atoms. The summed E-state index contributed by atoms with van der Waals surface area (Å²) in [4.78, 5) is 10.4. The van der Waals surface area contributed by atoms with Crippen LogP contribution in [0.1, 0.15) is 20.3 Å². The van der Waals surface area contributed by atoms with Gasteiger partial charge in [0.05, 0.1) is 4.47 Å². The first-order valence-corrected chi connectivity index (χ1v) is 6.98. The Kier molecular flexibility index (Phi) is 6.77. The number of halogens is 2. The monoisotopic (exact) mass is 320 g/mol. The van der Waals surface area contributed by atoms with E-state index in [4.69, 9.17) is 11.6 Å². The number of hydrogen-bond acceptors (Lipinski definition) is 4. The van der Waals surface area contributed by atoms with Crippen molar-refractivity contribution in [3.8, 4) is 0 Å². The van der Waals surface area contributed by atoms with Crippen LogP contribution in [0.3, 0.4) is 0 Å². The zero-order chi connectivity index (χ0) is 12.7. The molecule has 1 N–H and O–H groups in total. The molecule has 0 aromatic carbocycles. The van der Waals surface area contributed by atoms with E-state index in [0.29, 0.717) is 5.15 Å². The summed E-state index contributed by atoms with van der Waals surface area (Å²) < 4.78 is 0.722. The highest BCUT2D eigenvalue weighted by atomic mass is 79.9. The number of likely N-dealkylation sites (N-methyl/N-ethyl adjacent to an activating group) is 1. The molecule has 1 heterocycles. The predicted octanol–water partition coefficient (Wildman–Crippen LogP) is 3.04. The summed E-state index contributed by atoms with van der Waals surface area (Å²) >= 11 is 9.25. The number of hydrogen-bond donors (Lipinski definition) is 1. The van der Waals surface area contributed by atoms with Crippen molar-refractivity contribution >= 4 is 33.3 Å². The van der Waals surface area contributed by atoms with Crippen LogP contribution < -0.4 is 5.32 Å². The molecule has 0 saturated carbocycles. The molecule has 0 aliphatic rings. The minimum absolute atomic E-state index is 0.434. The summed E-state index contributed by atoms with van der Waals surface area (Å²) in [5, 5.41) is 3.69. The quantitative estimate of drug-likeness (QED) is 0.784. The number of anilines is 1. The largest absolute Gasteiger partial charge is 0.368 e. The van der Waals surface area contributed by atoms with Gasteiger partial charge in [0.1, 0.15) is 17.3 Å². The molecule has 0 aliphatic heterocycles. The molecule has 0 atom stereocenters. The minimum Gasteiger partial charge on any atom is -0.368 e. The van der Waals surface area contributed by atoms with E-state index in [0.717, 1.165) is 36.5 Å². The van der Waals surface area contributed by atoms with E-state index in [-0.39, 0.29) is 0 Å². The average Bonchev–Trinajstić information content (AvgIpc) is 2.33. The van der Waals surface area contributed by atoms with Gasteiger partial charge in [-0.15, -0.1) is 0 Å². The van der Waals surface area contributed by atoms with Crippen LogP contribution in [-0.4, -0.2) is 41.0 Å². The van der Waals surface area contributed by atoms with E-state index < -0.39 is 0 Å². The molecule has 17 heavy (non-hydrogen) atoms. The van der Waals surface area contributed by atoms with Gasteiger partial charge in [-0.1, -0.05) is 25.4 Å². The van der Waals surface area contributed by atoms with Crippen molar-refractivity contribution in [3.05, 3.63) is 16.0 Å². The van der Waals surface area contributed by atoms with E-state index in [1.54, 1.807) is 0 Å². The van der Waals surface area contributed by atoms with Gasteiger partial charge < -0.3 is 10.2 Å². The lowest BCUT2D eigenvalue weighted by Gasteiger charge is -2.19. The molecule has 1 rings (SSSR count). The summed E-state index contributed by atoms with van der Waals surface area (Å²) in [6, 6.07) is 0. The zero-order valence-electron chi connectivity index (χ0n) is 10.2. The smallest absolute Gasteiger partial charge is 0.148 e. The standard InChI is InChI=1S/C11H18BrClN4/c1-3-6-17(4-2)7-5-14-11-9(12)10(13)15-8-16-11/h8H,3-7H2,1-2H3,(H,14,15,16). The fraction of sp³-hybridized carbons (Fsp3) is 0.636. The lowest BCUT2D eigenvalue weighted by atomic mass is 10.4. The highest BCUT2D eigenvalue weighted by molar-refractivity contribution is 9.10. The predicted molar refractivity (Wildman–Crippen MR) is 75.6 cm³/mol. The molecule has 0 amide bonds. The maximum absolute atomic E-state index is 5.88. The van der Waals surface area contributed by atoms with Gasteiger partial charge in [0.15, 0.2) is 0 Å². The molecule has 1 aromatic rings. The summed E-state index contributed by atoms with van der Waals surface area (Å²) in [7, 11) is 0. The number of aromatic nitrogens is 2. The van der Waals surface area contributed by atoms with Crippen LogP contribution in [0.4, 0.5) is 5.82 Å². The van der Waals surface area contributed by atoms with Gasteiger partial charge in [0.25, 0.3) is 0 Å². The van der Waals surface area contributed by atoms with E-state index >= 15 is 0 Å².